The van der Waals surface area contributed by atoms with E-state index in [1.807, 2.05) is 12.1 Å². The molecule has 77 valence electrons. The summed E-state index contributed by atoms with van der Waals surface area (Å²) in [5, 5.41) is 0. The minimum absolute atomic E-state index is 0.942. The van der Waals surface area contributed by atoms with Gasteiger partial charge in [-0.25, -0.2) is 0 Å². The number of hydrogen-bond acceptors (Lipinski definition) is 4. The summed E-state index contributed by atoms with van der Waals surface area (Å²) >= 11 is 0. The van der Waals surface area contributed by atoms with E-state index in [1.165, 1.54) is 11.1 Å². The zero-order valence-corrected chi connectivity index (χ0v) is 9.53. The van der Waals surface area contributed by atoms with Crippen molar-refractivity contribution in [3.63, 3.8) is 0 Å². The monoisotopic (exact) mass is 212 g/mol. The van der Waals surface area contributed by atoms with E-state index >= 15 is 0 Å². The van der Waals surface area contributed by atoms with Crippen LogP contribution in [0, 0.1) is 0 Å². The molecule has 0 spiro atoms. The van der Waals surface area contributed by atoms with Crippen molar-refractivity contribution >= 4 is 15.2 Å². The molecule has 4 nitrogen and oxygen atoms in total. The first kappa shape index (κ1) is 11.2. The van der Waals surface area contributed by atoms with E-state index in [9.17, 15) is 0 Å². The number of fused-ring (bicyclic) bond motifs is 1. The van der Waals surface area contributed by atoms with Crippen molar-refractivity contribution in [2.45, 2.75) is 0 Å². The van der Waals surface area contributed by atoms with Gasteiger partial charge < -0.3 is 19.0 Å². The Morgan fingerprint density at radius 1 is 1.07 bits per heavy atom. The highest BCUT2D eigenvalue weighted by Crippen LogP contribution is 2.38. The summed E-state index contributed by atoms with van der Waals surface area (Å²) in [6.45, 7) is 0. The molecule has 0 aromatic heterocycles. The third-order valence-corrected chi connectivity index (χ3v) is 2.86. The van der Waals surface area contributed by atoms with Gasteiger partial charge in [-0.2, -0.15) is 0 Å². The van der Waals surface area contributed by atoms with Crippen LogP contribution in [-0.4, -0.2) is 30.9 Å². The topological polar surface area (TPSA) is 53.7 Å². The van der Waals surface area contributed by atoms with E-state index in [0.717, 1.165) is 5.69 Å². The molecule has 5 heteroatoms. The Labute approximate surface area is 85.6 Å². The second-order valence-electron chi connectivity index (χ2n) is 2.66. The van der Waals surface area contributed by atoms with Crippen molar-refractivity contribution in [3.05, 3.63) is 18.2 Å². The predicted octanol–water partition coefficient (Wildman–Crippen LogP) is 1.16. The maximum absolute atomic E-state index is 5.42. The molecule has 0 saturated heterocycles. The van der Waals surface area contributed by atoms with E-state index in [1.54, 1.807) is 21.3 Å². The minimum atomic E-state index is -1.36. The van der Waals surface area contributed by atoms with Crippen LogP contribution in [0.2, 0.25) is 0 Å². The summed E-state index contributed by atoms with van der Waals surface area (Å²) in [6.07, 6.45) is 0. The molecule has 0 heterocycles. The van der Waals surface area contributed by atoms with Gasteiger partial charge in [0, 0.05) is 32.6 Å². The molecule has 0 aromatic rings. The van der Waals surface area contributed by atoms with Crippen molar-refractivity contribution in [1.82, 2.24) is 0 Å². The summed E-state index contributed by atoms with van der Waals surface area (Å²) in [5.41, 5.74) is 8.92. The van der Waals surface area contributed by atoms with Crippen LogP contribution >= 0.6 is 0 Å². The smallest absolute Gasteiger partial charge is 0.398 e. The van der Waals surface area contributed by atoms with Gasteiger partial charge in [-0.1, -0.05) is 12.1 Å². The van der Waals surface area contributed by atoms with Crippen molar-refractivity contribution in [2.75, 3.05) is 27.1 Å². The van der Waals surface area contributed by atoms with E-state index in [2.05, 4.69) is 6.07 Å². The molecule has 0 unspecified atom stereocenters. The second kappa shape index (κ2) is 5.11. The van der Waals surface area contributed by atoms with Crippen LogP contribution in [0.25, 0.3) is 11.1 Å². The number of rotatable bonds is 3. The van der Waals surface area contributed by atoms with Crippen LogP contribution in [0.3, 0.4) is 0 Å². The van der Waals surface area contributed by atoms with Gasteiger partial charge in [0.15, 0.2) is 0 Å². The molecule has 2 aliphatic rings. The summed E-state index contributed by atoms with van der Waals surface area (Å²) in [7, 11) is 3.31. The Kier molecular flexibility index (Phi) is 4.09. The van der Waals surface area contributed by atoms with Gasteiger partial charge in [0.1, 0.15) is 0 Å². The summed E-state index contributed by atoms with van der Waals surface area (Å²) in [4.78, 5) is 0. The lowest BCUT2D eigenvalue weighted by molar-refractivity contribution is 0.163. The van der Waals surface area contributed by atoms with Gasteiger partial charge >= 0.3 is 9.53 Å². The van der Waals surface area contributed by atoms with Crippen molar-refractivity contribution in [3.8, 4) is 11.1 Å². The quantitative estimate of drug-likeness (QED) is 0.612. The predicted molar refractivity (Wildman–Crippen MR) is 56.6 cm³/mol. The summed E-state index contributed by atoms with van der Waals surface area (Å²) in [5.74, 6) is 0. The molecule has 2 N–H and O–H groups in total. The third-order valence-electron chi connectivity index (χ3n) is 1.86. The molecule has 0 atom stereocenters. The normalized spacial score (nSPS) is 10.9. The largest absolute Gasteiger partial charge is 0.576 e. The highest BCUT2D eigenvalue weighted by molar-refractivity contribution is 6.36. The van der Waals surface area contributed by atoms with Gasteiger partial charge in [0.2, 0.25) is 0 Å². The Morgan fingerprint density at radius 2 is 1.64 bits per heavy atom. The van der Waals surface area contributed by atoms with Crippen molar-refractivity contribution < 1.29 is 13.3 Å². The number of nitrogens with two attached hydrogens (primary N) is 1. The van der Waals surface area contributed by atoms with E-state index in [4.69, 9.17) is 19.0 Å². The maximum Gasteiger partial charge on any atom is 0.576 e. The van der Waals surface area contributed by atoms with Crippen LogP contribution in [0.1, 0.15) is 0 Å². The lowest BCUT2D eigenvalue weighted by atomic mass is 9.91. The Balaban J connectivity index is 0.000000140. The van der Waals surface area contributed by atoms with Crippen LogP contribution in [-0.2, 0) is 13.3 Å². The molecule has 0 fully saturated rings. The number of benzene rings is 1. The van der Waals surface area contributed by atoms with Gasteiger partial charge in [0.25, 0.3) is 0 Å². The van der Waals surface area contributed by atoms with Crippen LogP contribution in [0.4, 0.5) is 5.69 Å². The molecular weight excluding hydrogens is 198 g/mol. The van der Waals surface area contributed by atoms with Crippen LogP contribution in [0.5, 0.6) is 0 Å². The number of hydrogen-bond donors (Lipinski definition) is 1. The zero-order chi connectivity index (χ0) is 10.6. The molecule has 0 aromatic carbocycles. The average molecular weight is 212 g/mol. The summed E-state index contributed by atoms with van der Waals surface area (Å²) < 4.78 is 14.1. The fraction of sp³-hybridized carbons (Fsp3) is 0.333. The lowest BCUT2D eigenvalue weighted by Gasteiger charge is -2.16. The molecule has 14 heavy (non-hydrogen) atoms. The van der Waals surface area contributed by atoms with Crippen molar-refractivity contribution in [2.24, 2.45) is 0 Å². The molecule has 0 aliphatic heterocycles. The molecule has 2 rings (SSSR count). The first-order chi connectivity index (χ1) is 6.72. The highest BCUT2D eigenvalue weighted by Gasteiger charge is 2.12. The van der Waals surface area contributed by atoms with Crippen LogP contribution < -0.4 is 5.73 Å². The van der Waals surface area contributed by atoms with Gasteiger partial charge in [0.05, 0.1) is 0 Å². The van der Waals surface area contributed by atoms with Gasteiger partial charge in [-0.3, -0.25) is 0 Å². The fourth-order valence-corrected chi connectivity index (χ4v) is 1.57. The fourth-order valence-electron chi connectivity index (χ4n) is 1.07. The lowest BCUT2D eigenvalue weighted by Crippen LogP contribution is -2.21. The van der Waals surface area contributed by atoms with E-state index < -0.39 is 9.53 Å². The summed E-state index contributed by atoms with van der Waals surface area (Å²) in [6, 6.07) is 6.08. The Bertz CT molecular complexity index is 297. The number of anilines is 1. The number of nitrogen functional groups attached to an aromatic ring is 1. The SMILES string of the molecule is CO[Si](OC)OC.Nc1cc2ccc1-2. The Hall–Kier alpha value is -0.883. The van der Waals surface area contributed by atoms with Crippen LogP contribution in [0.15, 0.2) is 18.2 Å². The maximum atomic E-state index is 5.42. The zero-order valence-electron chi connectivity index (χ0n) is 8.53. The molecule has 0 amide bonds. The van der Waals surface area contributed by atoms with E-state index in [-0.39, 0.29) is 0 Å². The molecule has 0 saturated carbocycles. The highest BCUT2D eigenvalue weighted by atomic mass is 28.3. The average Bonchev–Trinajstić information content (AvgIpc) is 2.17. The molecule has 0 bridgehead atoms. The first-order valence-corrected chi connectivity index (χ1v) is 5.34. The molecule has 1 radical (unpaired) electrons. The standard InChI is InChI=1S/C6H5N.C3H9O3Si/c7-6-3-4-1-2-5(4)6;1-4-7(5-2)6-3/h1-3H,7H2;1-3H3. The second-order valence-corrected chi connectivity index (χ2v) is 4.39. The molecule has 2 aliphatic carbocycles. The van der Waals surface area contributed by atoms with Gasteiger partial charge in [-0.05, 0) is 11.6 Å². The Morgan fingerprint density at radius 3 is 1.64 bits per heavy atom. The van der Waals surface area contributed by atoms with E-state index in [0.29, 0.717) is 0 Å². The molecular formula is C9H14NO3Si. The first-order valence-electron chi connectivity index (χ1n) is 4.11. The van der Waals surface area contributed by atoms with Gasteiger partial charge in [-0.15, -0.1) is 0 Å². The minimum Gasteiger partial charge on any atom is -0.398 e. The van der Waals surface area contributed by atoms with Crippen molar-refractivity contribution in [1.29, 1.82) is 0 Å². The third kappa shape index (κ3) is 2.33.